The summed E-state index contributed by atoms with van der Waals surface area (Å²) in [6.07, 6.45) is 7.04. The molecule has 1 spiro atoms. The number of halogens is 2. The Hall–Kier alpha value is -1.51. The number of fused-ring (bicyclic) bond motifs is 4. The van der Waals surface area contributed by atoms with Gasteiger partial charge in [0.1, 0.15) is 5.78 Å². The topological polar surface area (TPSA) is 20.3 Å². The second-order valence-corrected chi connectivity index (χ2v) is 8.58. The van der Waals surface area contributed by atoms with E-state index in [0.717, 1.165) is 34.3 Å². The van der Waals surface area contributed by atoms with E-state index in [-0.39, 0.29) is 11.2 Å². The highest BCUT2D eigenvalue weighted by atomic mass is 35.5. The Labute approximate surface area is 171 Å². The maximum absolute atomic E-state index is 12.0. The molecule has 0 saturated heterocycles. The van der Waals surface area contributed by atoms with Crippen molar-refractivity contribution in [3.05, 3.63) is 57.6 Å². The summed E-state index contributed by atoms with van der Waals surface area (Å²) >= 11 is 13.2. The lowest BCUT2D eigenvalue weighted by molar-refractivity contribution is -0.118. The van der Waals surface area contributed by atoms with Crippen molar-refractivity contribution in [1.29, 1.82) is 0 Å². The normalized spacial score (nSPS) is 17.5. The zero-order valence-electron chi connectivity index (χ0n) is 15.7. The van der Waals surface area contributed by atoms with Crippen molar-refractivity contribution < 1.29 is 4.79 Å². The number of carbonyl (C=O) groups is 1. The first-order valence-corrected chi connectivity index (χ1v) is 10.7. The Balaban J connectivity index is 1.91. The Morgan fingerprint density at radius 3 is 2.59 bits per heavy atom. The van der Waals surface area contributed by atoms with Gasteiger partial charge in [-0.3, -0.25) is 4.79 Å². The van der Waals surface area contributed by atoms with Crippen LogP contribution in [-0.4, -0.2) is 12.3 Å². The molecule has 0 amide bonds. The van der Waals surface area contributed by atoms with Crippen molar-refractivity contribution in [1.82, 2.24) is 0 Å². The van der Waals surface area contributed by atoms with E-state index in [1.807, 2.05) is 19.1 Å². The Bertz CT molecular complexity index is 867. The minimum atomic E-state index is -0.0238. The molecule has 2 aliphatic rings. The first-order valence-electron chi connectivity index (χ1n) is 9.95. The Kier molecular flexibility index (Phi) is 5.22. The largest absolute Gasteiger partial charge is 0.339 e. The molecule has 0 atom stereocenters. The maximum atomic E-state index is 12.0. The van der Waals surface area contributed by atoms with E-state index >= 15 is 0 Å². The van der Waals surface area contributed by atoms with Gasteiger partial charge in [0.25, 0.3) is 0 Å². The molecule has 27 heavy (non-hydrogen) atoms. The van der Waals surface area contributed by atoms with E-state index in [0.29, 0.717) is 19.4 Å². The van der Waals surface area contributed by atoms with Crippen molar-refractivity contribution in [2.45, 2.75) is 57.3 Å². The number of para-hydroxylation sites is 1. The molecule has 2 aromatic carbocycles. The number of carbonyl (C=O) groups excluding carboxylic acids is 1. The lowest BCUT2D eigenvalue weighted by Gasteiger charge is -2.48. The molecule has 1 fully saturated rings. The van der Waals surface area contributed by atoms with E-state index < -0.39 is 0 Å². The zero-order chi connectivity index (χ0) is 19.0. The standard InChI is InChI=1S/C23H25Cl2NO/c1-2-17(27)11-14-26-21-10-9-16(24)15-19(21)23(12-4-3-5-13-23)18-7-6-8-20(25)22(18)26/h6-10,15H,2-5,11-14H2,1H3. The summed E-state index contributed by atoms with van der Waals surface area (Å²) in [5.41, 5.74) is 4.82. The number of ketones is 1. The summed E-state index contributed by atoms with van der Waals surface area (Å²) in [4.78, 5) is 14.3. The number of Topliss-reactive ketones (excluding diaryl/α,β-unsaturated/α-hetero) is 1. The molecular weight excluding hydrogens is 377 g/mol. The summed E-state index contributed by atoms with van der Waals surface area (Å²) in [6.45, 7) is 2.57. The molecule has 2 nitrogen and oxygen atoms in total. The van der Waals surface area contributed by atoms with E-state index in [2.05, 4.69) is 29.2 Å². The van der Waals surface area contributed by atoms with Gasteiger partial charge in [-0.05, 0) is 48.2 Å². The number of hydrogen-bond acceptors (Lipinski definition) is 2. The van der Waals surface area contributed by atoms with E-state index in [1.165, 1.54) is 30.4 Å². The van der Waals surface area contributed by atoms with Gasteiger partial charge < -0.3 is 4.90 Å². The molecule has 0 bridgehead atoms. The minimum absolute atomic E-state index is 0.0238. The van der Waals surface area contributed by atoms with Crippen LogP contribution in [0, 0.1) is 0 Å². The van der Waals surface area contributed by atoms with E-state index in [1.54, 1.807) is 0 Å². The van der Waals surface area contributed by atoms with Crippen LogP contribution in [-0.2, 0) is 10.2 Å². The van der Waals surface area contributed by atoms with Gasteiger partial charge in [-0.1, -0.05) is 61.5 Å². The van der Waals surface area contributed by atoms with Gasteiger partial charge in [0.15, 0.2) is 0 Å². The molecule has 0 N–H and O–H groups in total. The molecule has 1 heterocycles. The van der Waals surface area contributed by atoms with Crippen molar-refractivity contribution in [2.24, 2.45) is 0 Å². The van der Waals surface area contributed by atoms with Crippen LogP contribution in [0.5, 0.6) is 0 Å². The Morgan fingerprint density at radius 2 is 1.85 bits per heavy atom. The number of rotatable bonds is 4. The first kappa shape index (κ1) is 18.8. The average molecular weight is 402 g/mol. The fourth-order valence-corrected chi connectivity index (χ4v) is 5.36. The van der Waals surface area contributed by atoms with Crippen molar-refractivity contribution in [2.75, 3.05) is 11.4 Å². The van der Waals surface area contributed by atoms with Gasteiger partial charge in [-0.2, -0.15) is 0 Å². The van der Waals surface area contributed by atoms with Crippen LogP contribution >= 0.6 is 23.2 Å². The van der Waals surface area contributed by atoms with Crippen LogP contribution in [0.1, 0.15) is 63.0 Å². The summed E-state index contributed by atoms with van der Waals surface area (Å²) < 4.78 is 0. The first-order chi connectivity index (χ1) is 13.1. The molecular formula is C23H25Cl2NO. The molecule has 1 saturated carbocycles. The van der Waals surface area contributed by atoms with Crippen LogP contribution in [0.4, 0.5) is 11.4 Å². The summed E-state index contributed by atoms with van der Waals surface area (Å²) in [7, 11) is 0. The molecule has 4 rings (SSSR count). The van der Waals surface area contributed by atoms with Gasteiger partial charge >= 0.3 is 0 Å². The third kappa shape index (κ3) is 3.17. The van der Waals surface area contributed by atoms with Crippen molar-refractivity contribution in [3.63, 3.8) is 0 Å². The summed E-state index contributed by atoms with van der Waals surface area (Å²) in [6, 6.07) is 12.4. The lowest BCUT2D eigenvalue weighted by Crippen LogP contribution is -2.39. The highest BCUT2D eigenvalue weighted by Crippen LogP contribution is 2.57. The third-order valence-electron chi connectivity index (χ3n) is 6.25. The third-order valence-corrected chi connectivity index (χ3v) is 6.79. The molecule has 0 radical (unpaired) electrons. The van der Waals surface area contributed by atoms with Crippen molar-refractivity contribution in [3.8, 4) is 0 Å². The van der Waals surface area contributed by atoms with Gasteiger partial charge in [-0.25, -0.2) is 0 Å². The van der Waals surface area contributed by atoms with Gasteiger partial charge in [0.2, 0.25) is 0 Å². The van der Waals surface area contributed by atoms with Crippen LogP contribution < -0.4 is 4.90 Å². The predicted octanol–water partition coefficient (Wildman–Crippen LogP) is 7.06. The van der Waals surface area contributed by atoms with Gasteiger partial charge in [0.05, 0.1) is 10.7 Å². The molecule has 1 aliphatic heterocycles. The average Bonchev–Trinajstić information content (AvgIpc) is 2.69. The smallest absolute Gasteiger partial charge is 0.134 e. The number of anilines is 2. The molecule has 0 unspecified atom stereocenters. The fraction of sp³-hybridized carbons (Fsp3) is 0.435. The number of nitrogens with zero attached hydrogens (tertiary/aromatic N) is 1. The second-order valence-electron chi connectivity index (χ2n) is 7.73. The quantitative estimate of drug-likeness (QED) is 0.545. The predicted molar refractivity (Wildman–Crippen MR) is 114 cm³/mol. The highest BCUT2D eigenvalue weighted by Gasteiger charge is 2.44. The molecule has 1 aliphatic carbocycles. The highest BCUT2D eigenvalue weighted by molar-refractivity contribution is 6.34. The molecule has 4 heteroatoms. The summed E-state index contributed by atoms with van der Waals surface area (Å²) in [5.74, 6) is 0.275. The lowest BCUT2D eigenvalue weighted by atomic mass is 9.62. The van der Waals surface area contributed by atoms with Crippen LogP contribution in [0.25, 0.3) is 0 Å². The summed E-state index contributed by atoms with van der Waals surface area (Å²) in [5, 5.41) is 1.54. The van der Waals surface area contributed by atoms with E-state index in [9.17, 15) is 4.79 Å². The van der Waals surface area contributed by atoms with Gasteiger partial charge in [0, 0.05) is 35.5 Å². The molecule has 2 aromatic rings. The minimum Gasteiger partial charge on any atom is -0.339 e. The zero-order valence-corrected chi connectivity index (χ0v) is 17.2. The number of benzene rings is 2. The van der Waals surface area contributed by atoms with Gasteiger partial charge in [-0.15, -0.1) is 0 Å². The van der Waals surface area contributed by atoms with Crippen LogP contribution in [0.3, 0.4) is 0 Å². The molecule has 0 aromatic heterocycles. The van der Waals surface area contributed by atoms with Crippen LogP contribution in [0.2, 0.25) is 10.0 Å². The second kappa shape index (κ2) is 7.48. The van der Waals surface area contributed by atoms with E-state index in [4.69, 9.17) is 23.2 Å². The maximum Gasteiger partial charge on any atom is 0.134 e. The van der Waals surface area contributed by atoms with Crippen LogP contribution in [0.15, 0.2) is 36.4 Å². The number of hydrogen-bond donors (Lipinski definition) is 0. The monoisotopic (exact) mass is 401 g/mol. The molecule has 142 valence electrons. The SMILES string of the molecule is CCC(=O)CCN1c2ccc(Cl)cc2C2(CCCCC2)c2cccc(Cl)c21. The Morgan fingerprint density at radius 1 is 1.07 bits per heavy atom. The fourth-order valence-electron chi connectivity index (χ4n) is 4.91. The van der Waals surface area contributed by atoms with Crippen molar-refractivity contribution >= 4 is 40.4 Å².